The van der Waals surface area contributed by atoms with Gasteiger partial charge in [0.05, 0.1) is 11.5 Å². The SMILES string of the molecule is [O-][N+]12CC3=c4c5c(ccc4=C1Nc1ccccc12)OC=CC5C=C3. The average Bonchev–Trinajstić information content (AvgIpc) is 2.92. The van der Waals surface area contributed by atoms with Gasteiger partial charge in [-0.2, -0.15) is 0 Å². The van der Waals surface area contributed by atoms with Crippen molar-refractivity contribution in [1.29, 1.82) is 0 Å². The summed E-state index contributed by atoms with van der Waals surface area (Å²) in [4.78, 5) is 0. The predicted octanol–water partition coefficient (Wildman–Crippen LogP) is 2.41. The van der Waals surface area contributed by atoms with Gasteiger partial charge >= 0.3 is 0 Å². The molecule has 0 spiro atoms. The number of hydrogen-bond donors (Lipinski definition) is 1. The highest BCUT2D eigenvalue weighted by Gasteiger charge is 2.41. The van der Waals surface area contributed by atoms with Crippen LogP contribution in [-0.4, -0.2) is 6.54 Å². The van der Waals surface area contributed by atoms with Gasteiger partial charge in [-0.05, 0) is 24.3 Å². The van der Waals surface area contributed by atoms with Crippen molar-refractivity contribution in [2.45, 2.75) is 5.92 Å². The van der Waals surface area contributed by atoms with E-state index < -0.39 is 4.65 Å². The summed E-state index contributed by atoms with van der Waals surface area (Å²) >= 11 is 0. The minimum Gasteiger partial charge on any atom is -0.620 e. The van der Waals surface area contributed by atoms with E-state index in [1.54, 1.807) is 6.26 Å². The van der Waals surface area contributed by atoms with Gasteiger partial charge in [-0.3, -0.25) is 4.65 Å². The smallest absolute Gasteiger partial charge is 0.219 e. The van der Waals surface area contributed by atoms with Crippen LogP contribution in [0.15, 0.2) is 60.9 Å². The Labute approximate surface area is 138 Å². The molecule has 0 fully saturated rings. The molecule has 0 bridgehead atoms. The van der Waals surface area contributed by atoms with Gasteiger partial charge in [-0.25, -0.2) is 0 Å². The molecule has 3 aliphatic heterocycles. The van der Waals surface area contributed by atoms with Crippen LogP contribution in [0.1, 0.15) is 11.5 Å². The molecule has 0 radical (unpaired) electrons. The number of rotatable bonds is 0. The normalized spacial score (nSPS) is 27.1. The summed E-state index contributed by atoms with van der Waals surface area (Å²) in [6, 6.07) is 11.8. The Morgan fingerprint density at radius 2 is 2.04 bits per heavy atom. The Morgan fingerprint density at radius 1 is 1.12 bits per heavy atom. The molecule has 4 aliphatic rings. The number of quaternary nitrogens is 1. The quantitative estimate of drug-likeness (QED) is 0.600. The van der Waals surface area contributed by atoms with E-state index in [4.69, 9.17) is 4.74 Å². The highest BCUT2D eigenvalue weighted by Crippen LogP contribution is 2.44. The van der Waals surface area contributed by atoms with Crippen molar-refractivity contribution in [3.8, 4) is 5.75 Å². The molecule has 4 nitrogen and oxygen atoms in total. The third-order valence-electron chi connectivity index (χ3n) is 5.40. The number of nitrogens with one attached hydrogen (secondary N) is 1. The number of allylic oxidation sites excluding steroid dienone is 2. The Hall–Kier alpha value is -2.82. The van der Waals surface area contributed by atoms with E-state index in [1.807, 2.05) is 36.4 Å². The third kappa shape index (κ3) is 1.32. The number of hydroxylamine groups is 2. The van der Waals surface area contributed by atoms with Crippen LogP contribution in [0.25, 0.3) is 11.4 Å². The van der Waals surface area contributed by atoms with E-state index in [0.29, 0.717) is 6.54 Å². The Bertz CT molecular complexity index is 1110. The molecule has 0 saturated carbocycles. The summed E-state index contributed by atoms with van der Waals surface area (Å²) in [7, 11) is 0. The van der Waals surface area contributed by atoms with E-state index in [2.05, 4.69) is 23.5 Å². The first-order valence-corrected chi connectivity index (χ1v) is 8.14. The standard InChI is InChI=1S/C20H14N2O2/c23-22-11-13-6-5-12-9-10-24-17-8-7-14(18(13)19(12)17)20(22)21-15-3-1-2-4-16(15)22/h1-10,12,21H,11H2. The van der Waals surface area contributed by atoms with Crippen LogP contribution >= 0.6 is 0 Å². The number of anilines is 1. The lowest BCUT2D eigenvalue weighted by Crippen LogP contribution is -2.53. The summed E-state index contributed by atoms with van der Waals surface area (Å²) in [5.74, 6) is 1.84. The van der Waals surface area contributed by atoms with Crippen molar-refractivity contribution in [1.82, 2.24) is 4.65 Å². The van der Waals surface area contributed by atoms with Gasteiger partial charge in [-0.1, -0.05) is 24.3 Å². The van der Waals surface area contributed by atoms with E-state index in [9.17, 15) is 5.21 Å². The van der Waals surface area contributed by atoms with Crippen molar-refractivity contribution in [3.63, 3.8) is 0 Å². The second-order valence-corrected chi connectivity index (χ2v) is 6.65. The molecule has 2 atom stereocenters. The Morgan fingerprint density at radius 3 is 3.00 bits per heavy atom. The van der Waals surface area contributed by atoms with Crippen LogP contribution in [0.5, 0.6) is 5.75 Å². The zero-order valence-electron chi connectivity index (χ0n) is 12.8. The van der Waals surface area contributed by atoms with Gasteiger partial charge in [0.2, 0.25) is 5.82 Å². The summed E-state index contributed by atoms with van der Waals surface area (Å²) in [5.41, 5.74) is 3.97. The molecule has 1 N–H and O–H groups in total. The summed E-state index contributed by atoms with van der Waals surface area (Å²) in [6.07, 6.45) is 8.09. The maximum Gasteiger partial charge on any atom is 0.219 e. The maximum atomic E-state index is 13.8. The van der Waals surface area contributed by atoms with E-state index in [0.717, 1.165) is 33.7 Å². The first-order chi connectivity index (χ1) is 11.8. The monoisotopic (exact) mass is 314 g/mol. The molecule has 24 heavy (non-hydrogen) atoms. The molecule has 1 aliphatic carbocycles. The van der Waals surface area contributed by atoms with E-state index in [-0.39, 0.29) is 5.92 Å². The molecule has 0 aromatic heterocycles. The van der Waals surface area contributed by atoms with Crippen molar-refractivity contribution in [2.75, 3.05) is 11.9 Å². The van der Waals surface area contributed by atoms with Gasteiger partial charge in [0.15, 0.2) is 5.69 Å². The fourth-order valence-electron chi connectivity index (χ4n) is 4.36. The van der Waals surface area contributed by atoms with Gasteiger partial charge in [0, 0.05) is 28.3 Å². The molecule has 2 aromatic rings. The number of para-hydroxylation sites is 2. The minimum atomic E-state index is -0.441. The summed E-state index contributed by atoms with van der Waals surface area (Å²) in [5, 5.41) is 19.3. The molecular weight excluding hydrogens is 300 g/mol. The van der Waals surface area contributed by atoms with Crippen LogP contribution in [0.3, 0.4) is 0 Å². The van der Waals surface area contributed by atoms with Crippen LogP contribution < -0.4 is 25.1 Å². The lowest BCUT2D eigenvalue weighted by molar-refractivity contribution is 0.457. The summed E-state index contributed by atoms with van der Waals surface area (Å²) < 4.78 is 5.26. The molecule has 116 valence electrons. The molecule has 0 saturated heterocycles. The second-order valence-electron chi connectivity index (χ2n) is 6.65. The van der Waals surface area contributed by atoms with Crippen LogP contribution in [0, 0.1) is 5.21 Å². The maximum absolute atomic E-state index is 13.8. The van der Waals surface area contributed by atoms with Crippen molar-refractivity contribution < 1.29 is 4.74 Å². The average molecular weight is 314 g/mol. The number of nitrogens with zero attached hydrogens (tertiary/aromatic N) is 1. The Kier molecular flexibility index (Phi) is 2.09. The lowest BCUT2D eigenvalue weighted by Gasteiger charge is -2.41. The second kappa shape index (κ2) is 3.98. The number of benzene rings is 2. The van der Waals surface area contributed by atoms with Crippen LogP contribution in [-0.2, 0) is 0 Å². The Balaban J connectivity index is 1.77. The summed E-state index contributed by atoms with van der Waals surface area (Å²) in [6.45, 7) is 0.412. The highest BCUT2D eigenvalue weighted by atomic mass is 16.6. The largest absolute Gasteiger partial charge is 0.620 e. The predicted molar refractivity (Wildman–Crippen MR) is 94.2 cm³/mol. The first kappa shape index (κ1) is 12.6. The molecule has 6 rings (SSSR count). The number of hydrogen-bond acceptors (Lipinski definition) is 3. The van der Waals surface area contributed by atoms with Gasteiger partial charge < -0.3 is 15.3 Å². The number of ether oxygens (including phenoxy) is 1. The van der Waals surface area contributed by atoms with Crippen molar-refractivity contribution in [2.24, 2.45) is 0 Å². The fourth-order valence-corrected chi connectivity index (χ4v) is 4.36. The van der Waals surface area contributed by atoms with Gasteiger partial charge in [-0.15, -0.1) is 0 Å². The highest BCUT2D eigenvalue weighted by molar-refractivity contribution is 5.93. The van der Waals surface area contributed by atoms with Crippen molar-refractivity contribution in [3.05, 3.63) is 82.1 Å². The van der Waals surface area contributed by atoms with E-state index >= 15 is 0 Å². The van der Waals surface area contributed by atoms with Crippen LogP contribution in [0.4, 0.5) is 11.4 Å². The van der Waals surface area contributed by atoms with Crippen LogP contribution in [0.2, 0.25) is 0 Å². The topological polar surface area (TPSA) is 44.3 Å². The third-order valence-corrected chi connectivity index (χ3v) is 5.40. The molecule has 4 heteroatoms. The van der Waals surface area contributed by atoms with E-state index in [1.165, 1.54) is 10.8 Å². The van der Waals surface area contributed by atoms with Gasteiger partial charge in [0.25, 0.3) is 0 Å². The molecule has 2 aromatic carbocycles. The molecular formula is C20H14N2O2. The minimum absolute atomic E-state index is 0.225. The number of fused-ring (bicyclic) bond motifs is 3. The molecule has 0 amide bonds. The lowest BCUT2D eigenvalue weighted by atomic mass is 9.85. The zero-order chi connectivity index (χ0) is 15.9. The zero-order valence-corrected chi connectivity index (χ0v) is 12.8. The van der Waals surface area contributed by atoms with Gasteiger partial charge in [0.1, 0.15) is 18.0 Å². The fraction of sp³-hybridized carbons (Fsp3) is 0.100. The molecule has 3 heterocycles. The molecule has 2 unspecified atom stereocenters. The van der Waals surface area contributed by atoms with Crippen molar-refractivity contribution >= 4 is 22.8 Å². The first-order valence-electron chi connectivity index (χ1n) is 8.14.